The lowest BCUT2D eigenvalue weighted by molar-refractivity contribution is -0.119. The Morgan fingerprint density at radius 3 is 2.91 bits per heavy atom. The van der Waals surface area contributed by atoms with Gasteiger partial charge in [-0.2, -0.15) is 0 Å². The number of aromatic nitrogens is 3. The van der Waals surface area contributed by atoms with Crippen LogP contribution >= 0.6 is 11.8 Å². The molecule has 2 N–H and O–H groups in total. The van der Waals surface area contributed by atoms with Crippen LogP contribution in [0.1, 0.15) is 10.6 Å². The zero-order valence-corrected chi connectivity index (χ0v) is 12.0. The number of carbonyl (C=O) groups excluding carboxylic acids is 2. The van der Waals surface area contributed by atoms with E-state index in [0.717, 1.165) is 0 Å². The molecule has 0 atom stereocenters. The number of pyridine rings is 1. The molecule has 9 heteroatoms. The van der Waals surface area contributed by atoms with Crippen LogP contribution in [0.4, 0.5) is 0 Å². The molecule has 0 saturated heterocycles. The molecule has 3 heterocycles. The van der Waals surface area contributed by atoms with E-state index < -0.39 is 5.91 Å². The Bertz CT molecular complexity index is 799. The quantitative estimate of drug-likeness (QED) is 0.547. The third-order valence-corrected chi connectivity index (χ3v) is 3.62. The van der Waals surface area contributed by atoms with E-state index in [-0.39, 0.29) is 17.4 Å². The van der Waals surface area contributed by atoms with Crippen molar-refractivity contribution >= 4 is 29.2 Å². The summed E-state index contributed by atoms with van der Waals surface area (Å²) in [5, 5.41) is 8.58. The number of hydrogen-bond acceptors (Lipinski definition) is 6. The number of hydrogen-bond donors (Lipinski definition) is 2. The summed E-state index contributed by atoms with van der Waals surface area (Å²) in [5.41, 5.74) is 5.27. The van der Waals surface area contributed by atoms with Crippen LogP contribution in [0.2, 0.25) is 0 Å². The van der Waals surface area contributed by atoms with Crippen LogP contribution in [0.15, 0.2) is 52.4 Å². The van der Waals surface area contributed by atoms with E-state index in [0.29, 0.717) is 10.8 Å². The number of carbonyl (C=O) groups is 2. The van der Waals surface area contributed by atoms with E-state index in [2.05, 4.69) is 21.0 Å². The number of rotatable bonds is 4. The Hall–Kier alpha value is -2.81. The van der Waals surface area contributed by atoms with Gasteiger partial charge in [0.2, 0.25) is 5.91 Å². The second kappa shape index (κ2) is 6.31. The Labute approximate surface area is 128 Å². The minimum Gasteiger partial charge on any atom is -0.459 e. The van der Waals surface area contributed by atoms with Gasteiger partial charge in [-0.3, -0.25) is 24.8 Å². The Morgan fingerprint density at radius 1 is 1.18 bits per heavy atom. The smallest absolute Gasteiger partial charge is 0.305 e. The highest BCUT2D eigenvalue weighted by atomic mass is 32.2. The Kier molecular flexibility index (Phi) is 4.05. The van der Waals surface area contributed by atoms with Gasteiger partial charge in [-0.05, 0) is 24.3 Å². The Morgan fingerprint density at radius 2 is 2.09 bits per heavy atom. The lowest BCUT2D eigenvalue weighted by Gasteiger charge is -2.05. The molecule has 0 spiro atoms. The molecule has 0 aliphatic heterocycles. The molecule has 0 aliphatic carbocycles. The second-order valence-electron chi connectivity index (χ2n) is 4.18. The summed E-state index contributed by atoms with van der Waals surface area (Å²) in [7, 11) is 0. The molecule has 0 saturated carbocycles. The van der Waals surface area contributed by atoms with Gasteiger partial charge in [-0.15, -0.1) is 10.2 Å². The molecule has 112 valence electrons. The fourth-order valence-corrected chi connectivity index (χ4v) is 2.40. The predicted molar refractivity (Wildman–Crippen MR) is 78.0 cm³/mol. The number of hydrazine groups is 1. The van der Waals surface area contributed by atoms with Gasteiger partial charge in [-0.25, -0.2) is 0 Å². The summed E-state index contributed by atoms with van der Waals surface area (Å²) >= 11 is 1.22. The molecule has 0 bridgehead atoms. The first-order valence-electron chi connectivity index (χ1n) is 6.29. The first-order valence-corrected chi connectivity index (χ1v) is 7.28. The summed E-state index contributed by atoms with van der Waals surface area (Å²) in [4.78, 5) is 23.3. The molecule has 0 radical (unpaired) electrons. The highest BCUT2D eigenvalue weighted by Gasteiger charge is 2.11. The maximum atomic E-state index is 11.7. The standard InChI is InChI=1S/C13H11N5O3S/c19-11(15-16-12(20)9-4-3-7-21-9)8-22-13-17-14-10-5-1-2-6-18(10)13/h1-7H,8H2,(H,15,19)(H,16,20). The minimum absolute atomic E-state index is 0.0914. The van der Waals surface area contributed by atoms with Crippen molar-refractivity contribution in [2.45, 2.75) is 5.16 Å². The average Bonchev–Trinajstić information content (AvgIpc) is 3.20. The first kappa shape index (κ1) is 14.1. The van der Waals surface area contributed by atoms with Crippen LogP contribution in [0.25, 0.3) is 5.65 Å². The fraction of sp³-hybridized carbons (Fsp3) is 0.0769. The lowest BCUT2D eigenvalue weighted by atomic mass is 10.4. The Balaban J connectivity index is 1.51. The molecular weight excluding hydrogens is 306 g/mol. The molecule has 22 heavy (non-hydrogen) atoms. The summed E-state index contributed by atoms with van der Waals surface area (Å²) < 4.78 is 6.68. The molecular formula is C13H11N5O3S. The molecule has 0 aromatic carbocycles. The van der Waals surface area contributed by atoms with E-state index in [1.807, 2.05) is 24.4 Å². The van der Waals surface area contributed by atoms with Crippen molar-refractivity contribution < 1.29 is 14.0 Å². The normalized spacial score (nSPS) is 10.5. The van der Waals surface area contributed by atoms with Crippen molar-refractivity contribution in [3.8, 4) is 0 Å². The van der Waals surface area contributed by atoms with Crippen LogP contribution in [-0.4, -0.2) is 32.2 Å². The number of furan rings is 1. The molecule has 8 nitrogen and oxygen atoms in total. The number of amides is 2. The van der Waals surface area contributed by atoms with Gasteiger partial charge in [0.1, 0.15) is 0 Å². The second-order valence-corrected chi connectivity index (χ2v) is 5.12. The third kappa shape index (κ3) is 3.09. The molecule has 0 unspecified atom stereocenters. The van der Waals surface area contributed by atoms with Crippen molar-refractivity contribution in [3.63, 3.8) is 0 Å². The molecule has 3 rings (SSSR count). The maximum absolute atomic E-state index is 11.7. The lowest BCUT2D eigenvalue weighted by Crippen LogP contribution is -2.42. The zero-order chi connectivity index (χ0) is 15.4. The summed E-state index contributed by atoms with van der Waals surface area (Å²) in [5.74, 6) is -0.668. The van der Waals surface area contributed by atoms with Gasteiger partial charge in [-0.1, -0.05) is 17.8 Å². The van der Waals surface area contributed by atoms with Crippen molar-refractivity contribution in [2.75, 3.05) is 5.75 Å². The zero-order valence-electron chi connectivity index (χ0n) is 11.2. The molecule has 2 amide bonds. The van der Waals surface area contributed by atoms with E-state index >= 15 is 0 Å². The van der Waals surface area contributed by atoms with E-state index in [4.69, 9.17) is 4.42 Å². The fourth-order valence-electron chi connectivity index (χ4n) is 1.68. The summed E-state index contributed by atoms with van der Waals surface area (Å²) in [6.07, 6.45) is 3.19. The van der Waals surface area contributed by atoms with Gasteiger partial charge in [0.25, 0.3) is 0 Å². The van der Waals surface area contributed by atoms with Gasteiger partial charge in [0, 0.05) is 6.20 Å². The van der Waals surface area contributed by atoms with Crippen molar-refractivity contribution in [2.24, 2.45) is 0 Å². The van der Waals surface area contributed by atoms with Crippen molar-refractivity contribution in [1.29, 1.82) is 0 Å². The number of nitrogens with zero attached hydrogens (tertiary/aromatic N) is 3. The molecule has 0 aliphatic rings. The number of thioether (sulfide) groups is 1. The van der Waals surface area contributed by atoms with E-state index in [1.54, 1.807) is 10.5 Å². The molecule has 3 aromatic rings. The third-order valence-electron chi connectivity index (χ3n) is 2.68. The topological polar surface area (TPSA) is 102 Å². The van der Waals surface area contributed by atoms with Crippen LogP contribution < -0.4 is 10.9 Å². The summed E-state index contributed by atoms with van der Waals surface area (Å²) in [6.45, 7) is 0. The highest BCUT2D eigenvalue weighted by molar-refractivity contribution is 7.99. The highest BCUT2D eigenvalue weighted by Crippen LogP contribution is 2.15. The first-order chi connectivity index (χ1) is 10.7. The van der Waals surface area contributed by atoms with Gasteiger partial charge in [0.15, 0.2) is 16.6 Å². The van der Waals surface area contributed by atoms with Gasteiger partial charge >= 0.3 is 5.91 Å². The molecule has 3 aromatic heterocycles. The van der Waals surface area contributed by atoms with Gasteiger partial charge in [0.05, 0.1) is 12.0 Å². The van der Waals surface area contributed by atoms with Crippen LogP contribution in [0.5, 0.6) is 0 Å². The van der Waals surface area contributed by atoms with Crippen molar-refractivity contribution in [1.82, 2.24) is 25.4 Å². The van der Waals surface area contributed by atoms with Crippen LogP contribution in [0, 0.1) is 0 Å². The van der Waals surface area contributed by atoms with E-state index in [9.17, 15) is 9.59 Å². The number of fused-ring (bicyclic) bond motifs is 1. The average molecular weight is 317 g/mol. The van der Waals surface area contributed by atoms with Crippen LogP contribution in [-0.2, 0) is 4.79 Å². The number of nitrogens with one attached hydrogen (secondary N) is 2. The minimum atomic E-state index is -0.517. The predicted octanol–water partition coefficient (Wildman–Crippen LogP) is 0.876. The SMILES string of the molecule is O=C(CSc1nnc2ccccn12)NNC(=O)c1ccco1. The van der Waals surface area contributed by atoms with E-state index in [1.165, 1.54) is 24.1 Å². The summed E-state index contributed by atoms with van der Waals surface area (Å²) in [6, 6.07) is 8.61. The maximum Gasteiger partial charge on any atom is 0.305 e. The molecule has 0 fully saturated rings. The van der Waals surface area contributed by atoms with Crippen molar-refractivity contribution in [3.05, 3.63) is 48.6 Å². The van der Waals surface area contributed by atoms with Crippen LogP contribution in [0.3, 0.4) is 0 Å². The monoisotopic (exact) mass is 317 g/mol. The largest absolute Gasteiger partial charge is 0.459 e. The van der Waals surface area contributed by atoms with Gasteiger partial charge < -0.3 is 4.42 Å².